The van der Waals surface area contributed by atoms with E-state index in [0.717, 1.165) is 23.3 Å². The average molecular weight is 315 g/mol. The SMILES string of the molecule is CCCNCc1sc(Cc2cccnc2)nc1C(F)(F)F. The van der Waals surface area contributed by atoms with Crippen LogP contribution < -0.4 is 5.32 Å². The first-order valence-corrected chi connectivity index (χ1v) is 7.47. The van der Waals surface area contributed by atoms with E-state index in [2.05, 4.69) is 15.3 Å². The zero-order valence-electron chi connectivity index (χ0n) is 11.6. The standard InChI is InChI=1S/C14H16F3N3S/c1-2-5-18-9-11-13(14(15,16)17)20-12(21-11)7-10-4-3-6-19-8-10/h3-4,6,8,18H,2,5,7,9H2,1H3. The number of hydrogen-bond acceptors (Lipinski definition) is 4. The highest BCUT2D eigenvalue weighted by atomic mass is 32.1. The number of nitrogens with zero attached hydrogens (tertiary/aromatic N) is 2. The lowest BCUT2D eigenvalue weighted by Crippen LogP contribution is -2.17. The van der Waals surface area contributed by atoms with Gasteiger partial charge in [0.05, 0.1) is 9.88 Å². The fourth-order valence-electron chi connectivity index (χ4n) is 1.87. The highest BCUT2D eigenvalue weighted by molar-refractivity contribution is 7.11. The van der Waals surface area contributed by atoms with E-state index in [9.17, 15) is 13.2 Å². The lowest BCUT2D eigenvalue weighted by Gasteiger charge is -2.06. The molecule has 0 unspecified atom stereocenters. The molecule has 0 aliphatic heterocycles. The Morgan fingerprint density at radius 2 is 2.14 bits per heavy atom. The van der Waals surface area contributed by atoms with Crippen LogP contribution in [0.2, 0.25) is 0 Å². The van der Waals surface area contributed by atoms with Crippen LogP contribution in [0.3, 0.4) is 0 Å². The molecule has 2 rings (SSSR count). The van der Waals surface area contributed by atoms with E-state index in [-0.39, 0.29) is 11.4 Å². The number of nitrogens with one attached hydrogen (secondary N) is 1. The molecule has 0 spiro atoms. The number of alkyl halides is 3. The summed E-state index contributed by atoms with van der Waals surface area (Å²) in [4.78, 5) is 7.99. The fourth-order valence-corrected chi connectivity index (χ4v) is 2.97. The first-order chi connectivity index (χ1) is 10.0. The second-order valence-corrected chi connectivity index (χ2v) is 5.76. The van der Waals surface area contributed by atoms with Crippen molar-refractivity contribution in [1.82, 2.24) is 15.3 Å². The average Bonchev–Trinajstić information content (AvgIpc) is 2.83. The molecule has 0 fully saturated rings. The van der Waals surface area contributed by atoms with Crippen molar-refractivity contribution in [3.8, 4) is 0 Å². The van der Waals surface area contributed by atoms with Crippen molar-refractivity contribution in [3.63, 3.8) is 0 Å². The lowest BCUT2D eigenvalue weighted by atomic mass is 10.2. The van der Waals surface area contributed by atoms with Gasteiger partial charge in [-0.05, 0) is 24.6 Å². The van der Waals surface area contributed by atoms with E-state index >= 15 is 0 Å². The van der Waals surface area contributed by atoms with E-state index in [1.165, 1.54) is 0 Å². The maximum absolute atomic E-state index is 13.0. The second kappa shape index (κ2) is 7.00. The van der Waals surface area contributed by atoms with Gasteiger partial charge in [0, 0.05) is 25.4 Å². The van der Waals surface area contributed by atoms with Crippen molar-refractivity contribution in [2.45, 2.75) is 32.5 Å². The minimum Gasteiger partial charge on any atom is -0.312 e. The van der Waals surface area contributed by atoms with Crippen LogP contribution in [-0.4, -0.2) is 16.5 Å². The van der Waals surface area contributed by atoms with Gasteiger partial charge in [-0.25, -0.2) is 4.98 Å². The zero-order valence-corrected chi connectivity index (χ0v) is 12.4. The Hall–Kier alpha value is -1.47. The van der Waals surface area contributed by atoms with Gasteiger partial charge in [0.1, 0.15) is 0 Å². The maximum atomic E-state index is 13.0. The first kappa shape index (κ1) is 15.9. The Morgan fingerprint density at radius 3 is 2.76 bits per heavy atom. The number of pyridine rings is 1. The lowest BCUT2D eigenvalue weighted by molar-refractivity contribution is -0.141. The van der Waals surface area contributed by atoms with Crippen LogP contribution >= 0.6 is 11.3 Å². The Kier molecular flexibility index (Phi) is 5.30. The molecule has 1 N–H and O–H groups in total. The molecule has 2 aromatic heterocycles. The molecule has 0 radical (unpaired) electrons. The van der Waals surface area contributed by atoms with E-state index < -0.39 is 11.9 Å². The predicted octanol–water partition coefficient (Wildman–Crippen LogP) is 3.65. The van der Waals surface area contributed by atoms with Crippen molar-refractivity contribution >= 4 is 11.3 Å². The molecular weight excluding hydrogens is 299 g/mol. The molecule has 0 saturated heterocycles. The van der Waals surface area contributed by atoms with Crippen LogP contribution in [0, 0.1) is 0 Å². The minimum absolute atomic E-state index is 0.202. The summed E-state index contributed by atoms with van der Waals surface area (Å²) in [6, 6.07) is 3.59. The van der Waals surface area contributed by atoms with Gasteiger partial charge < -0.3 is 5.32 Å². The first-order valence-electron chi connectivity index (χ1n) is 6.66. The molecule has 3 nitrogen and oxygen atoms in total. The molecule has 0 atom stereocenters. The molecule has 0 bridgehead atoms. The van der Waals surface area contributed by atoms with Gasteiger partial charge in [-0.1, -0.05) is 13.0 Å². The molecular formula is C14H16F3N3S. The quantitative estimate of drug-likeness (QED) is 0.827. The molecule has 21 heavy (non-hydrogen) atoms. The van der Waals surface area contributed by atoms with Gasteiger partial charge in [0.15, 0.2) is 5.69 Å². The highest BCUT2D eigenvalue weighted by Crippen LogP contribution is 2.34. The maximum Gasteiger partial charge on any atom is 0.434 e. The third-order valence-electron chi connectivity index (χ3n) is 2.80. The molecule has 0 amide bonds. The minimum atomic E-state index is -4.41. The zero-order chi connectivity index (χ0) is 15.3. The fraction of sp³-hybridized carbons (Fsp3) is 0.429. The molecule has 7 heteroatoms. The second-order valence-electron chi connectivity index (χ2n) is 4.59. The smallest absolute Gasteiger partial charge is 0.312 e. The largest absolute Gasteiger partial charge is 0.434 e. The molecule has 0 aromatic carbocycles. The number of hydrogen-bond donors (Lipinski definition) is 1. The molecule has 0 saturated carbocycles. The van der Waals surface area contributed by atoms with E-state index in [0.29, 0.717) is 18.0 Å². The Morgan fingerprint density at radius 1 is 1.33 bits per heavy atom. The number of aromatic nitrogens is 2. The summed E-state index contributed by atoms with van der Waals surface area (Å²) < 4.78 is 39.0. The highest BCUT2D eigenvalue weighted by Gasteiger charge is 2.37. The normalized spacial score (nSPS) is 11.8. The summed E-state index contributed by atoms with van der Waals surface area (Å²) in [5, 5.41) is 3.46. The summed E-state index contributed by atoms with van der Waals surface area (Å²) in [5.41, 5.74) is 0.0861. The number of halogens is 3. The molecule has 2 heterocycles. The summed E-state index contributed by atoms with van der Waals surface area (Å²) in [7, 11) is 0. The van der Waals surface area contributed by atoms with Crippen molar-refractivity contribution in [1.29, 1.82) is 0 Å². The molecule has 0 aliphatic rings. The third-order valence-corrected chi connectivity index (χ3v) is 3.86. The number of rotatable bonds is 6. The van der Waals surface area contributed by atoms with Crippen molar-refractivity contribution in [3.05, 3.63) is 45.7 Å². The van der Waals surface area contributed by atoms with Crippen molar-refractivity contribution in [2.24, 2.45) is 0 Å². The molecule has 0 aliphatic carbocycles. The van der Waals surface area contributed by atoms with Crippen LogP contribution in [0.5, 0.6) is 0 Å². The number of thiazole rings is 1. The van der Waals surface area contributed by atoms with E-state index in [1.54, 1.807) is 18.5 Å². The monoisotopic (exact) mass is 315 g/mol. The summed E-state index contributed by atoms with van der Waals surface area (Å²) in [6.07, 6.45) is 0.112. The van der Waals surface area contributed by atoms with Gasteiger partial charge in [-0.15, -0.1) is 11.3 Å². The van der Waals surface area contributed by atoms with Gasteiger partial charge in [0.2, 0.25) is 0 Å². The summed E-state index contributed by atoms with van der Waals surface area (Å²) >= 11 is 1.11. The predicted molar refractivity (Wildman–Crippen MR) is 76.2 cm³/mol. The van der Waals surface area contributed by atoms with Crippen LogP contribution in [0.4, 0.5) is 13.2 Å². The van der Waals surface area contributed by atoms with Gasteiger partial charge in [-0.3, -0.25) is 4.98 Å². The third kappa shape index (κ3) is 4.50. The Labute approximate surface area is 125 Å². The summed E-state index contributed by atoms with van der Waals surface area (Å²) in [6.45, 7) is 2.86. The summed E-state index contributed by atoms with van der Waals surface area (Å²) in [5.74, 6) is 0. The van der Waals surface area contributed by atoms with E-state index in [4.69, 9.17) is 0 Å². The Bertz CT molecular complexity index is 567. The van der Waals surface area contributed by atoms with Crippen LogP contribution in [0.15, 0.2) is 24.5 Å². The van der Waals surface area contributed by atoms with Gasteiger partial charge >= 0.3 is 6.18 Å². The Balaban J connectivity index is 2.19. The van der Waals surface area contributed by atoms with Gasteiger partial charge in [0.25, 0.3) is 0 Å². The van der Waals surface area contributed by atoms with Crippen molar-refractivity contribution < 1.29 is 13.2 Å². The van der Waals surface area contributed by atoms with Crippen LogP contribution in [0.25, 0.3) is 0 Å². The van der Waals surface area contributed by atoms with Crippen LogP contribution in [-0.2, 0) is 19.1 Å². The molecule has 114 valence electrons. The molecule has 2 aromatic rings. The van der Waals surface area contributed by atoms with Crippen LogP contribution in [0.1, 0.15) is 34.5 Å². The van der Waals surface area contributed by atoms with Crippen molar-refractivity contribution in [2.75, 3.05) is 6.54 Å². The van der Waals surface area contributed by atoms with E-state index in [1.807, 2.05) is 13.0 Å². The van der Waals surface area contributed by atoms with Gasteiger partial charge in [-0.2, -0.15) is 13.2 Å². The topological polar surface area (TPSA) is 37.8 Å².